The van der Waals surface area contributed by atoms with E-state index in [9.17, 15) is 0 Å². The van der Waals surface area contributed by atoms with Crippen LogP contribution in [0.15, 0.2) is 27.3 Å². The highest BCUT2D eigenvalue weighted by atomic mass is 79.9. The van der Waals surface area contributed by atoms with E-state index in [1.165, 1.54) is 0 Å². The first-order valence-electron chi connectivity index (χ1n) is 6.71. The summed E-state index contributed by atoms with van der Waals surface area (Å²) in [4.78, 5) is 13.4. The van der Waals surface area contributed by atoms with Crippen LogP contribution in [0.4, 0.5) is 0 Å². The second-order valence-corrected chi connectivity index (χ2v) is 5.92. The number of hydrogen-bond acceptors (Lipinski definition) is 4. The highest BCUT2D eigenvalue weighted by Gasteiger charge is 2.14. The molecule has 21 heavy (non-hydrogen) atoms. The Morgan fingerprint density at radius 2 is 2.19 bits per heavy atom. The first-order chi connectivity index (χ1) is 10.2. The lowest BCUT2D eigenvalue weighted by molar-refractivity contribution is 0.445. The zero-order valence-electron chi connectivity index (χ0n) is 11.5. The van der Waals surface area contributed by atoms with Gasteiger partial charge in [0, 0.05) is 29.4 Å². The third-order valence-electron chi connectivity index (χ3n) is 3.19. The molecule has 3 aromatic heterocycles. The summed E-state index contributed by atoms with van der Waals surface area (Å²) in [6.45, 7) is 2.55. The van der Waals surface area contributed by atoms with E-state index < -0.39 is 0 Å². The Hall–Kier alpha value is -1.40. The van der Waals surface area contributed by atoms with Crippen molar-refractivity contribution < 1.29 is 4.42 Å². The van der Waals surface area contributed by atoms with Crippen molar-refractivity contribution >= 4 is 38.7 Å². The summed E-state index contributed by atoms with van der Waals surface area (Å²) in [7, 11) is 0. The SMILES string of the molecule is CCc1cnc(Cn2c(CCCl)nc3cc(Br)cnc32)o1. The summed E-state index contributed by atoms with van der Waals surface area (Å²) in [5.41, 5.74) is 1.65. The maximum Gasteiger partial charge on any atom is 0.214 e. The fraction of sp³-hybridized carbons (Fsp3) is 0.357. The van der Waals surface area contributed by atoms with Gasteiger partial charge in [-0.05, 0) is 22.0 Å². The van der Waals surface area contributed by atoms with Crippen molar-refractivity contribution in [2.24, 2.45) is 0 Å². The molecular weight excluding hydrogens is 356 g/mol. The number of imidazole rings is 1. The van der Waals surface area contributed by atoms with Crippen molar-refractivity contribution in [2.45, 2.75) is 26.3 Å². The van der Waals surface area contributed by atoms with Gasteiger partial charge >= 0.3 is 0 Å². The average molecular weight is 370 g/mol. The molecular formula is C14H14BrClN4O. The van der Waals surface area contributed by atoms with Gasteiger partial charge in [-0.15, -0.1) is 11.6 Å². The van der Waals surface area contributed by atoms with Crippen molar-refractivity contribution in [3.8, 4) is 0 Å². The number of aryl methyl sites for hydroxylation is 2. The number of aromatic nitrogens is 4. The van der Waals surface area contributed by atoms with Crippen LogP contribution < -0.4 is 0 Å². The molecule has 0 radical (unpaired) electrons. The predicted octanol–water partition coefficient (Wildman–Crippen LogP) is 3.57. The molecule has 0 aliphatic heterocycles. The molecule has 110 valence electrons. The maximum atomic E-state index is 5.87. The van der Waals surface area contributed by atoms with Crippen LogP contribution in [0.5, 0.6) is 0 Å². The van der Waals surface area contributed by atoms with Gasteiger partial charge in [-0.1, -0.05) is 6.92 Å². The Bertz CT molecular complexity index is 768. The summed E-state index contributed by atoms with van der Waals surface area (Å²) in [6, 6.07) is 1.95. The van der Waals surface area contributed by atoms with Crippen molar-refractivity contribution in [1.29, 1.82) is 0 Å². The van der Waals surface area contributed by atoms with Crippen LogP contribution in [0.1, 0.15) is 24.4 Å². The van der Waals surface area contributed by atoms with Crippen molar-refractivity contribution in [1.82, 2.24) is 19.5 Å². The highest BCUT2D eigenvalue weighted by molar-refractivity contribution is 9.10. The number of rotatable bonds is 5. The lowest BCUT2D eigenvalue weighted by atomic mass is 10.4. The molecule has 3 rings (SSSR count). The number of hydrogen-bond donors (Lipinski definition) is 0. The predicted molar refractivity (Wildman–Crippen MR) is 84.6 cm³/mol. The van der Waals surface area contributed by atoms with Crippen molar-refractivity contribution in [3.63, 3.8) is 0 Å². The van der Waals surface area contributed by atoms with Crippen LogP contribution >= 0.6 is 27.5 Å². The van der Waals surface area contributed by atoms with Gasteiger partial charge in [0.1, 0.15) is 23.6 Å². The van der Waals surface area contributed by atoms with Gasteiger partial charge < -0.3 is 8.98 Å². The van der Waals surface area contributed by atoms with Crippen molar-refractivity contribution in [3.05, 3.63) is 40.4 Å². The highest BCUT2D eigenvalue weighted by Crippen LogP contribution is 2.20. The summed E-state index contributed by atoms with van der Waals surface area (Å²) in [5, 5.41) is 0. The van der Waals surface area contributed by atoms with Crippen LogP contribution in [0.25, 0.3) is 11.2 Å². The van der Waals surface area contributed by atoms with E-state index in [1.54, 1.807) is 12.4 Å². The van der Waals surface area contributed by atoms with E-state index in [4.69, 9.17) is 16.0 Å². The number of halogens is 2. The number of pyridine rings is 1. The molecule has 0 aliphatic carbocycles. The van der Waals surface area contributed by atoms with Gasteiger partial charge in [0.25, 0.3) is 0 Å². The summed E-state index contributed by atoms with van der Waals surface area (Å²) in [5.74, 6) is 2.94. The first-order valence-corrected chi connectivity index (χ1v) is 8.04. The molecule has 7 heteroatoms. The van der Waals surface area contributed by atoms with Crippen molar-refractivity contribution in [2.75, 3.05) is 5.88 Å². The van der Waals surface area contributed by atoms with Crippen LogP contribution in [-0.2, 0) is 19.4 Å². The first kappa shape index (κ1) is 14.5. The molecule has 0 saturated carbocycles. The lowest BCUT2D eigenvalue weighted by Gasteiger charge is -2.05. The smallest absolute Gasteiger partial charge is 0.214 e. The fourth-order valence-corrected chi connectivity index (χ4v) is 2.68. The maximum absolute atomic E-state index is 5.87. The standard InChI is InChI=1S/C14H14BrClN4O/c1-2-10-7-17-13(21-10)8-20-12(3-4-16)19-11-5-9(15)6-18-14(11)20/h5-7H,2-4,8H2,1H3. The zero-order chi connectivity index (χ0) is 14.8. The second-order valence-electron chi connectivity index (χ2n) is 4.62. The summed E-state index contributed by atoms with van der Waals surface area (Å²) in [6.07, 6.45) is 5.03. The van der Waals surface area contributed by atoms with E-state index >= 15 is 0 Å². The molecule has 0 bridgehead atoms. The van der Waals surface area contributed by atoms with Crippen LogP contribution in [0.3, 0.4) is 0 Å². The third-order valence-corrected chi connectivity index (χ3v) is 3.81. The lowest BCUT2D eigenvalue weighted by Crippen LogP contribution is -2.07. The van der Waals surface area contributed by atoms with E-state index in [1.807, 2.05) is 17.6 Å². The zero-order valence-corrected chi connectivity index (χ0v) is 13.9. The Labute approximate surface area is 135 Å². The Morgan fingerprint density at radius 1 is 1.33 bits per heavy atom. The molecule has 3 aromatic rings. The minimum absolute atomic E-state index is 0.510. The third kappa shape index (κ3) is 2.96. The van der Waals surface area contributed by atoms with Crippen LogP contribution in [0.2, 0.25) is 0 Å². The molecule has 0 unspecified atom stereocenters. The molecule has 0 N–H and O–H groups in total. The van der Waals surface area contributed by atoms with Gasteiger partial charge in [0.2, 0.25) is 5.89 Å². The Balaban J connectivity index is 2.03. The fourth-order valence-electron chi connectivity index (χ4n) is 2.19. The van der Waals surface area contributed by atoms with E-state index in [0.29, 0.717) is 24.7 Å². The number of nitrogens with zero attached hydrogens (tertiary/aromatic N) is 4. The summed E-state index contributed by atoms with van der Waals surface area (Å²) >= 11 is 9.29. The quantitative estimate of drug-likeness (QED) is 0.645. The minimum Gasteiger partial charge on any atom is -0.444 e. The average Bonchev–Trinajstić information content (AvgIpc) is 3.05. The van der Waals surface area contributed by atoms with Gasteiger partial charge in [-0.25, -0.2) is 15.0 Å². The molecule has 3 heterocycles. The number of oxazole rings is 1. The van der Waals surface area contributed by atoms with Crippen LogP contribution in [-0.4, -0.2) is 25.4 Å². The van der Waals surface area contributed by atoms with Crippen LogP contribution in [0, 0.1) is 0 Å². The second kappa shape index (κ2) is 6.15. The molecule has 0 atom stereocenters. The molecule has 5 nitrogen and oxygen atoms in total. The van der Waals surface area contributed by atoms with Gasteiger partial charge in [-0.2, -0.15) is 0 Å². The Kier molecular flexibility index (Phi) is 4.26. The number of fused-ring (bicyclic) bond motifs is 1. The van der Waals surface area contributed by atoms with Gasteiger partial charge in [0.05, 0.1) is 6.20 Å². The monoisotopic (exact) mass is 368 g/mol. The topological polar surface area (TPSA) is 56.7 Å². The summed E-state index contributed by atoms with van der Waals surface area (Å²) < 4.78 is 8.60. The van der Waals surface area contributed by atoms with E-state index in [2.05, 4.69) is 30.9 Å². The molecule has 0 aromatic carbocycles. The molecule has 0 saturated heterocycles. The van der Waals surface area contributed by atoms with Gasteiger partial charge in [-0.3, -0.25) is 0 Å². The van der Waals surface area contributed by atoms with E-state index in [0.717, 1.165) is 33.6 Å². The molecule has 0 fully saturated rings. The molecule has 0 amide bonds. The minimum atomic E-state index is 0.510. The molecule has 0 spiro atoms. The largest absolute Gasteiger partial charge is 0.444 e. The normalized spacial score (nSPS) is 11.4. The van der Waals surface area contributed by atoms with Gasteiger partial charge in [0.15, 0.2) is 5.65 Å². The number of alkyl halides is 1. The molecule has 0 aliphatic rings. The van der Waals surface area contributed by atoms with E-state index in [-0.39, 0.29) is 0 Å². The Morgan fingerprint density at radius 3 is 2.90 bits per heavy atom.